The molecule has 1 unspecified atom stereocenters. The Bertz CT molecular complexity index is 1240. The molecule has 1 atom stereocenters. The van der Waals surface area contributed by atoms with Crippen molar-refractivity contribution in [3.8, 4) is 11.5 Å². The highest BCUT2D eigenvalue weighted by molar-refractivity contribution is 6.46. The molecule has 186 valence electrons. The summed E-state index contributed by atoms with van der Waals surface area (Å²) in [5.41, 5.74) is 2.28. The quantitative estimate of drug-likeness (QED) is 0.232. The van der Waals surface area contributed by atoms with Crippen LogP contribution in [0.25, 0.3) is 5.76 Å². The second-order valence-electron chi connectivity index (χ2n) is 8.58. The molecule has 3 aromatic rings. The number of hydrogen-bond acceptors (Lipinski definition) is 5. The molecule has 0 aromatic heterocycles. The normalized spacial score (nSPS) is 16.8. The zero-order valence-corrected chi connectivity index (χ0v) is 20.6. The Kier molecular flexibility index (Phi) is 8.06. The Hall–Kier alpha value is -4.06. The van der Waals surface area contributed by atoms with Crippen molar-refractivity contribution in [3.05, 3.63) is 101 Å². The van der Waals surface area contributed by atoms with Gasteiger partial charge in [-0.1, -0.05) is 73.7 Å². The van der Waals surface area contributed by atoms with Crippen LogP contribution in [0, 0.1) is 0 Å². The van der Waals surface area contributed by atoms with Crippen molar-refractivity contribution in [2.24, 2.45) is 0 Å². The van der Waals surface area contributed by atoms with Crippen LogP contribution in [0.2, 0.25) is 0 Å². The van der Waals surface area contributed by atoms with Crippen molar-refractivity contribution in [1.82, 2.24) is 4.90 Å². The molecule has 1 heterocycles. The van der Waals surface area contributed by atoms with E-state index in [4.69, 9.17) is 9.47 Å². The van der Waals surface area contributed by atoms with Gasteiger partial charge in [0, 0.05) is 12.1 Å². The molecule has 0 bridgehead atoms. The molecule has 1 amide bonds. The first-order valence-corrected chi connectivity index (χ1v) is 12.3. The first-order valence-electron chi connectivity index (χ1n) is 12.3. The number of amides is 1. The van der Waals surface area contributed by atoms with Gasteiger partial charge in [-0.3, -0.25) is 9.59 Å². The summed E-state index contributed by atoms with van der Waals surface area (Å²) in [6, 6.07) is 23.3. The number of ether oxygens (including phenoxy) is 2. The van der Waals surface area contributed by atoms with E-state index < -0.39 is 17.7 Å². The molecule has 0 radical (unpaired) electrons. The van der Waals surface area contributed by atoms with E-state index in [1.807, 2.05) is 56.3 Å². The lowest BCUT2D eigenvalue weighted by Crippen LogP contribution is -2.31. The summed E-state index contributed by atoms with van der Waals surface area (Å²) in [5.74, 6) is -0.370. The third-order valence-electron chi connectivity index (χ3n) is 6.12. The maximum absolute atomic E-state index is 13.3. The van der Waals surface area contributed by atoms with Crippen LogP contribution < -0.4 is 9.47 Å². The molecule has 6 nitrogen and oxygen atoms in total. The van der Waals surface area contributed by atoms with Crippen LogP contribution in [0.15, 0.2) is 84.4 Å². The van der Waals surface area contributed by atoms with Gasteiger partial charge in [-0.05, 0) is 43.0 Å². The molecule has 0 spiro atoms. The van der Waals surface area contributed by atoms with Gasteiger partial charge >= 0.3 is 0 Å². The molecule has 1 aliphatic heterocycles. The summed E-state index contributed by atoms with van der Waals surface area (Å²) < 4.78 is 11.7. The van der Waals surface area contributed by atoms with Gasteiger partial charge in [0.15, 0.2) is 11.5 Å². The minimum absolute atomic E-state index is 0.0731. The van der Waals surface area contributed by atoms with Gasteiger partial charge in [-0.25, -0.2) is 0 Å². The van der Waals surface area contributed by atoms with Crippen molar-refractivity contribution < 1.29 is 24.2 Å². The molecular formula is C30H31NO5. The lowest BCUT2D eigenvalue weighted by atomic mass is 9.95. The lowest BCUT2D eigenvalue weighted by Gasteiger charge is -2.26. The maximum atomic E-state index is 13.3. The van der Waals surface area contributed by atoms with Gasteiger partial charge in [-0.15, -0.1) is 0 Å². The second-order valence-corrected chi connectivity index (χ2v) is 8.58. The topological polar surface area (TPSA) is 76.1 Å². The number of ketones is 1. The number of likely N-dealkylation sites (tertiary alicyclic amines) is 1. The van der Waals surface area contributed by atoms with E-state index in [-0.39, 0.29) is 11.3 Å². The number of carbonyl (C=O) groups is 2. The molecule has 1 fully saturated rings. The van der Waals surface area contributed by atoms with Crippen molar-refractivity contribution in [2.75, 3.05) is 19.8 Å². The third kappa shape index (κ3) is 5.28. The molecule has 0 aliphatic carbocycles. The van der Waals surface area contributed by atoms with Crippen LogP contribution in [-0.4, -0.2) is 41.5 Å². The van der Waals surface area contributed by atoms with Crippen molar-refractivity contribution in [3.63, 3.8) is 0 Å². The summed E-state index contributed by atoms with van der Waals surface area (Å²) in [6.07, 6.45) is 1.43. The Balaban J connectivity index is 1.80. The molecule has 4 rings (SSSR count). The Morgan fingerprint density at radius 1 is 0.889 bits per heavy atom. The average molecular weight is 486 g/mol. The van der Waals surface area contributed by atoms with Crippen LogP contribution in [0.3, 0.4) is 0 Å². The van der Waals surface area contributed by atoms with E-state index in [2.05, 4.69) is 0 Å². The molecule has 1 aliphatic rings. The molecule has 36 heavy (non-hydrogen) atoms. The number of aliphatic hydroxyl groups is 1. The zero-order valence-electron chi connectivity index (χ0n) is 20.6. The number of nitrogens with zero attached hydrogens (tertiary/aromatic N) is 1. The minimum atomic E-state index is -0.756. The number of aliphatic hydroxyl groups excluding tert-OH is 1. The van der Waals surface area contributed by atoms with E-state index in [0.717, 1.165) is 12.0 Å². The highest BCUT2D eigenvalue weighted by Crippen LogP contribution is 2.42. The van der Waals surface area contributed by atoms with Crippen molar-refractivity contribution in [1.29, 1.82) is 0 Å². The summed E-state index contributed by atoms with van der Waals surface area (Å²) in [5, 5.41) is 11.2. The predicted octanol–water partition coefficient (Wildman–Crippen LogP) is 5.54. The van der Waals surface area contributed by atoms with Crippen LogP contribution in [0.5, 0.6) is 11.5 Å². The van der Waals surface area contributed by atoms with Gasteiger partial charge in [0.25, 0.3) is 11.7 Å². The number of Topliss-reactive ketones (excluding diaryl/α,β-unsaturated/α-hetero) is 1. The SMILES string of the molecule is CCCOc1ccc(C2C(=C(O)c3ccccc3)C(=O)C(=O)N2CCc2ccccc2)cc1OCC. The monoisotopic (exact) mass is 485 g/mol. The first-order chi connectivity index (χ1) is 17.5. The summed E-state index contributed by atoms with van der Waals surface area (Å²) in [7, 11) is 0. The Morgan fingerprint density at radius 3 is 2.25 bits per heavy atom. The fourth-order valence-electron chi connectivity index (χ4n) is 4.40. The fraction of sp³-hybridized carbons (Fsp3) is 0.267. The van der Waals surface area contributed by atoms with E-state index in [1.165, 1.54) is 0 Å². The smallest absolute Gasteiger partial charge is 0.295 e. The number of hydrogen-bond donors (Lipinski definition) is 1. The maximum Gasteiger partial charge on any atom is 0.295 e. The lowest BCUT2D eigenvalue weighted by molar-refractivity contribution is -0.139. The second kappa shape index (κ2) is 11.6. The first kappa shape index (κ1) is 25.0. The van der Waals surface area contributed by atoms with Crippen LogP contribution in [-0.2, 0) is 16.0 Å². The average Bonchev–Trinajstić information content (AvgIpc) is 3.17. The number of rotatable bonds is 10. The summed E-state index contributed by atoms with van der Waals surface area (Å²) in [4.78, 5) is 28.1. The standard InChI is InChI=1S/C30H31NO5/c1-3-19-36-24-16-15-23(20-25(24)35-4-2)27-26(28(32)22-13-9-6-10-14-22)29(33)30(34)31(27)18-17-21-11-7-5-8-12-21/h5-16,20,27,32H,3-4,17-19H2,1-2H3. The van der Waals surface area contributed by atoms with Gasteiger partial charge in [-0.2, -0.15) is 0 Å². The summed E-state index contributed by atoms with van der Waals surface area (Å²) in [6.45, 7) is 5.21. The zero-order chi connectivity index (χ0) is 25.5. The highest BCUT2D eigenvalue weighted by Gasteiger charge is 2.46. The fourth-order valence-corrected chi connectivity index (χ4v) is 4.40. The van der Waals surface area contributed by atoms with Crippen LogP contribution in [0.4, 0.5) is 0 Å². The largest absolute Gasteiger partial charge is 0.507 e. The molecule has 0 saturated carbocycles. The Labute approximate surface area is 211 Å². The summed E-state index contributed by atoms with van der Waals surface area (Å²) >= 11 is 0. The third-order valence-corrected chi connectivity index (χ3v) is 6.12. The van der Waals surface area contributed by atoms with Gasteiger partial charge in [0.2, 0.25) is 0 Å². The number of carbonyl (C=O) groups excluding carboxylic acids is 2. The minimum Gasteiger partial charge on any atom is -0.507 e. The van der Waals surface area contributed by atoms with Crippen LogP contribution in [0.1, 0.15) is 43.0 Å². The van der Waals surface area contributed by atoms with E-state index in [1.54, 1.807) is 41.3 Å². The molecule has 3 aromatic carbocycles. The molecule has 1 saturated heterocycles. The van der Waals surface area contributed by atoms with Gasteiger partial charge in [0.1, 0.15) is 5.76 Å². The van der Waals surface area contributed by atoms with E-state index in [0.29, 0.717) is 48.8 Å². The van der Waals surface area contributed by atoms with Gasteiger partial charge < -0.3 is 19.5 Å². The van der Waals surface area contributed by atoms with Gasteiger partial charge in [0.05, 0.1) is 24.8 Å². The van der Waals surface area contributed by atoms with Crippen molar-refractivity contribution >= 4 is 17.4 Å². The van der Waals surface area contributed by atoms with E-state index >= 15 is 0 Å². The molecular weight excluding hydrogens is 454 g/mol. The van der Waals surface area contributed by atoms with Crippen LogP contribution >= 0.6 is 0 Å². The molecule has 6 heteroatoms. The highest BCUT2D eigenvalue weighted by atomic mass is 16.5. The van der Waals surface area contributed by atoms with Crippen molar-refractivity contribution in [2.45, 2.75) is 32.7 Å². The molecule has 1 N–H and O–H groups in total. The predicted molar refractivity (Wildman–Crippen MR) is 139 cm³/mol. The Morgan fingerprint density at radius 2 is 1.58 bits per heavy atom. The van der Waals surface area contributed by atoms with E-state index in [9.17, 15) is 14.7 Å². The number of benzene rings is 3.